The van der Waals surface area contributed by atoms with E-state index in [1.807, 2.05) is 27.7 Å². The highest BCUT2D eigenvalue weighted by Gasteiger charge is 2.18. The maximum Gasteiger partial charge on any atom is 0.228 e. The van der Waals surface area contributed by atoms with Crippen LogP contribution in [-0.2, 0) is 4.79 Å². The van der Waals surface area contributed by atoms with Gasteiger partial charge in [-0.3, -0.25) is 4.79 Å². The average Bonchev–Trinajstić information content (AvgIpc) is 2.98. The lowest BCUT2D eigenvalue weighted by Gasteiger charge is -2.05. The number of anilines is 1. The molecule has 0 unspecified atom stereocenters. The van der Waals surface area contributed by atoms with Crippen molar-refractivity contribution in [3.63, 3.8) is 0 Å². The molecule has 0 atom stereocenters. The van der Waals surface area contributed by atoms with Crippen molar-refractivity contribution in [2.45, 2.75) is 27.7 Å². The lowest BCUT2D eigenvalue weighted by molar-refractivity contribution is -0.605. The van der Waals surface area contributed by atoms with Crippen molar-refractivity contribution in [2.75, 3.05) is 5.32 Å². The summed E-state index contributed by atoms with van der Waals surface area (Å²) in [5, 5.41) is 14.8. The zero-order chi connectivity index (χ0) is 18.8. The standard InChI is InChI=1S/C20H21N3O2S/c1-12(2)19(24)22-20-21-17(16-10-13(3)9-14(4)11-16)18(26-20)15-5-7-23(25)8-6-15/h5-12H,1-4H3,(H,21,22,24). The molecule has 0 radical (unpaired) electrons. The van der Waals surface area contributed by atoms with Crippen molar-refractivity contribution in [1.29, 1.82) is 0 Å². The highest BCUT2D eigenvalue weighted by Crippen LogP contribution is 2.39. The Kier molecular flexibility index (Phi) is 5.04. The Morgan fingerprint density at radius 2 is 1.73 bits per heavy atom. The van der Waals surface area contributed by atoms with Crippen LogP contribution in [0.2, 0.25) is 0 Å². The van der Waals surface area contributed by atoms with Gasteiger partial charge in [-0.2, -0.15) is 4.73 Å². The Morgan fingerprint density at radius 3 is 2.31 bits per heavy atom. The number of carbonyl (C=O) groups excluding carboxylic acids is 1. The summed E-state index contributed by atoms with van der Waals surface area (Å²) in [6.45, 7) is 7.79. The van der Waals surface area contributed by atoms with E-state index in [4.69, 9.17) is 0 Å². The van der Waals surface area contributed by atoms with Crippen molar-refractivity contribution in [3.8, 4) is 21.7 Å². The fraction of sp³-hybridized carbons (Fsp3) is 0.250. The van der Waals surface area contributed by atoms with Gasteiger partial charge in [-0.1, -0.05) is 42.4 Å². The first-order chi connectivity index (χ1) is 12.3. The van der Waals surface area contributed by atoms with Gasteiger partial charge in [0.05, 0.1) is 10.6 Å². The third-order valence-electron chi connectivity index (χ3n) is 3.94. The second kappa shape index (κ2) is 7.25. The molecule has 134 valence electrons. The molecule has 0 aliphatic carbocycles. The average molecular weight is 367 g/mol. The van der Waals surface area contributed by atoms with Crippen molar-refractivity contribution in [2.24, 2.45) is 5.92 Å². The van der Waals surface area contributed by atoms with Gasteiger partial charge in [0, 0.05) is 29.2 Å². The first-order valence-electron chi connectivity index (χ1n) is 8.43. The van der Waals surface area contributed by atoms with Gasteiger partial charge in [-0.15, -0.1) is 0 Å². The number of aryl methyl sites for hydroxylation is 2. The van der Waals surface area contributed by atoms with Crippen LogP contribution in [-0.4, -0.2) is 10.9 Å². The van der Waals surface area contributed by atoms with E-state index in [1.165, 1.54) is 23.7 Å². The summed E-state index contributed by atoms with van der Waals surface area (Å²) >= 11 is 1.42. The van der Waals surface area contributed by atoms with Crippen LogP contribution in [0, 0.1) is 25.0 Å². The van der Waals surface area contributed by atoms with E-state index in [-0.39, 0.29) is 11.8 Å². The van der Waals surface area contributed by atoms with Crippen LogP contribution in [0.4, 0.5) is 5.13 Å². The van der Waals surface area contributed by atoms with Crippen molar-refractivity contribution in [3.05, 3.63) is 59.1 Å². The second-order valence-electron chi connectivity index (χ2n) is 6.66. The topological polar surface area (TPSA) is 68.9 Å². The lowest BCUT2D eigenvalue weighted by atomic mass is 10.0. The summed E-state index contributed by atoms with van der Waals surface area (Å²) in [4.78, 5) is 17.7. The van der Waals surface area contributed by atoms with Crippen molar-refractivity contribution >= 4 is 22.4 Å². The Labute approximate surface area is 156 Å². The monoisotopic (exact) mass is 367 g/mol. The molecule has 2 aromatic heterocycles. The molecule has 0 spiro atoms. The van der Waals surface area contributed by atoms with Crippen LogP contribution >= 0.6 is 11.3 Å². The molecule has 0 bridgehead atoms. The zero-order valence-corrected chi connectivity index (χ0v) is 16.1. The number of nitrogens with zero attached hydrogens (tertiary/aromatic N) is 2. The molecule has 26 heavy (non-hydrogen) atoms. The number of hydrogen-bond acceptors (Lipinski definition) is 4. The van der Waals surface area contributed by atoms with E-state index in [0.29, 0.717) is 5.13 Å². The molecule has 3 rings (SSSR count). The quantitative estimate of drug-likeness (QED) is 0.551. The minimum atomic E-state index is -0.122. The fourth-order valence-electron chi connectivity index (χ4n) is 2.69. The van der Waals surface area contributed by atoms with Gasteiger partial charge in [0.2, 0.25) is 5.91 Å². The highest BCUT2D eigenvalue weighted by molar-refractivity contribution is 7.19. The molecule has 2 heterocycles. The molecule has 0 saturated heterocycles. The number of rotatable bonds is 4. The minimum Gasteiger partial charge on any atom is -0.619 e. The maximum absolute atomic E-state index is 12.1. The smallest absolute Gasteiger partial charge is 0.228 e. The molecule has 1 aromatic carbocycles. The summed E-state index contributed by atoms with van der Waals surface area (Å²) < 4.78 is 0.752. The number of pyridine rings is 1. The number of amides is 1. The number of hydrogen-bond donors (Lipinski definition) is 1. The van der Waals surface area contributed by atoms with Crippen LogP contribution < -0.4 is 10.0 Å². The molecular weight excluding hydrogens is 346 g/mol. The van der Waals surface area contributed by atoms with Gasteiger partial charge in [0.15, 0.2) is 17.5 Å². The summed E-state index contributed by atoms with van der Waals surface area (Å²) in [5.74, 6) is -0.189. The third kappa shape index (κ3) is 3.91. The summed E-state index contributed by atoms with van der Waals surface area (Å²) in [7, 11) is 0. The Hall–Kier alpha value is -2.73. The molecule has 0 saturated carbocycles. The number of aromatic nitrogens is 2. The van der Waals surface area contributed by atoms with E-state index in [9.17, 15) is 10.0 Å². The van der Waals surface area contributed by atoms with Crippen molar-refractivity contribution < 1.29 is 9.52 Å². The zero-order valence-electron chi connectivity index (χ0n) is 15.2. The molecule has 5 nitrogen and oxygen atoms in total. The van der Waals surface area contributed by atoms with E-state index in [2.05, 4.69) is 28.5 Å². The third-order valence-corrected chi connectivity index (χ3v) is 4.96. The van der Waals surface area contributed by atoms with E-state index < -0.39 is 0 Å². The minimum absolute atomic E-state index is 0.0669. The van der Waals surface area contributed by atoms with Gasteiger partial charge in [-0.05, 0) is 26.0 Å². The van der Waals surface area contributed by atoms with E-state index in [0.717, 1.165) is 37.6 Å². The van der Waals surface area contributed by atoms with Crippen LogP contribution in [0.15, 0.2) is 42.7 Å². The molecular formula is C20H21N3O2S. The predicted molar refractivity (Wildman–Crippen MR) is 105 cm³/mol. The number of thiazole rings is 1. The molecule has 0 aliphatic rings. The SMILES string of the molecule is Cc1cc(C)cc(-c2nc(NC(=O)C(C)C)sc2-c2cc[n+]([O-])cc2)c1. The van der Waals surface area contributed by atoms with Crippen LogP contribution in [0.1, 0.15) is 25.0 Å². The van der Waals surface area contributed by atoms with Crippen LogP contribution in [0.5, 0.6) is 0 Å². The maximum atomic E-state index is 12.1. The van der Waals surface area contributed by atoms with Gasteiger partial charge in [0.25, 0.3) is 0 Å². The molecule has 3 aromatic rings. The molecule has 1 amide bonds. The molecule has 6 heteroatoms. The largest absolute Gasteiger partial charge is 0.619 e. The van der Waals surface area contributed by atoms with Gasteiger partial charge < -0.3 is 10.5 Å². The Morgan fingerprint density at radius 1 is 1.12 bits per heavy atom. The van der Waals surface area contributed by atoms with Gasteiger partial charge in [-0.25, -0.2) is 4.98 Å². The summed E-state index contributed by atoms with van der Waals surface area (Å²) in [5.41, 5.74) is 5.00. The van der Waals surface area contributed by atoms with E-state index >= 15 is 0 Å². The molecule has 0 fully saturated rings. The molecule has 1 N–H and O–H groups in total. The number of nitrogens with one attached hydrogen (secondary N) is 1. The predicted octanol–water partition coefficient (Wildman–Crippen LogP) is 4.32. The summed E-state index contributed by atoms with van der Waals surface area (Å²) in [6.07, 6.45) is 2.93. The lowest BCUT2D eigenvalue weighted by Crippen LogP contribution is -2.23. The Bertz CT molecular complexity index is 926. The second-order valence-corrected chi connectivity index (χ2v) is 7.66. The summed E-state index contributed by atoms with van der Waals surface area (Å²) in [6, 6.07) is 9.80. The normalized spacial score (nSPS) is 11.0. The van der Waals surface area contributed by atoms with Gasteiger partial charge in [0.1, 0.15) is 0 Å². The first kappa shape index (κ1) is 18.1. The van der Waals surface area contributed by atoms with Crippen molar-refractivity contribution in [1.82, 2.24) is 4.98 Å². The molecule has 0 aliphatic heterocycles. The first-order valence-corrected chi connectivity index (χ1v) is 9.24. The fourth-order valence-corrected chi connectivity index (χ4v) is 3.69. The van der Waals surface area contributed by atoms with Crippen LogP contribution in [0.3, 0.4) is 0 Å². The Balaban J connectivity index is 2.12. The highest BCUT2D eigenvalue weighted by atomic mass is 32.1. The van der Waals surface area contributed by atoms with Gasteiger partial charge >= 0.3 is 0 Å². The van der Waals surface area contributed by atoms with E-state index in [1.54, 1.807) is 12.1 Å². The van der Waals surface area contributed by atoms with Crippen LogP contribution in [0.25, 0.3) is 21.7 Å². The number of carbonyl (C=O) groups is 1. The number of benzene rings is 1.